The van der Waals surface area contributed by atoms with E-state index in [1.165, 1.54) is 5.56 Å². The molecule has 1 aliphatic carbocycles. The molecule has 0 spiro atoms. The molecule has 0 saturated heterocycles. The predicted octanol–water partition coefficient (Wildman–Crippen LogP) is 2.40. The van der Waals surface area contributed by atoms with E-state index in [1.807, 2.05) is 18.2 Å². The summed E-state index contributed by atoms with van der Waals surface area (Å²) in [6.07, 6.45) is 3.02. The lowest BCUT2D eigenvalue weighted by molar-refractivity contribution is 0.408. The quantitative estimate of drug-likeness (QED) is 0.698. The fraction of sp³-hybridized carbons (Fsp3) is 0.364. The van der Waals surface area contributed by atoms with Crippen molar-refractivity contribution >= 4 is 5.71 Å². The van der Waals surface area contributed by atoms with Crippen molar-refractivity contribution in [3.05, 3.63) is 29.3 Å². The average molecular weight is 175 g/mol. The summed E-state index contributed by atoms with van der Waals surface area (Å²) < 4.78 is 5.26. The van der Waals surface area contributed by atoms with Gasteiger partial charge < -0.3 is 10.1 Å². The maximum absolute atomic E-state index is 7.79. The molecule has 0 bridgehead atoms. The van der Waals surface area contributed by atoms with Crippen molar-refractivity contribution in [1.82, 2.24) is 0 Å². The number of fused-ring (bicyclic) bond motifs is 1. The van der Waals surface area contributed by atoms with Gasteiger partial charge in [0.15, 0.2) is 0 Å². The SMILES string of the molecule is COc1cccc2c1CCCC2=N. The highest BCUT2D eigenvalue weighted by molar-refractivity contribution is 6.01. The van der Waals surface area contributed by atoms with Crippen LogP contribution in [0.3, 0.4) is 0 Å². The van der Waals surface area contributed by atoms with Gasteiger partial charge in [-0.3, -0.25) is 0 Å². The largest absolute Gasteiger partial charge is 0.496 e. The minimum Gasteiger partial charge on any atom is -0.496 e. The lowest BCUT2D eigenvalue weighted by Gasteiger charge is -2.18. The Bertz CT molecular complexity index is 344. The molecule has 1 aromatic rings. The van der Waals surface area contributed by atoms with Gasteiger partial charge in [0.2, 0.25) is 0 Å². The Morgan fingerprint density at radius 2 is 2.15 bits per heavy atom. The van der Waals surface area contributed by atoms with E-state index in [2.05, 4.69) is 0 Å². The molecule has 1 aliphatic rings. The zero-order valence-corrected chi connectivity index (χ0v) is 7.76. The Labute approximate surface area is 78.0 Å². The fourth-order valence-corrected chi connectivity index (χ4v) is 1.87. The summed E-state index contributed by atoms with van der Waals surface area (Å²) in [6, 6.07) is 5.94. The van der Waals surface area contributed by atoms with Crippen molar-refractivity contribution in [1.29, 1.82) is 5.41 Å². The Kier molecular flexibility index (Phi) is 2.05. The van der Waals surface area contributed by atoms with Crippen LogP contribution in [0.25, 0.3) is 0 Å². The standard InChI is InChI=1S/C11H13NO/c1-13-11-7-3-4-8-9(11)5-2-6-10(8)12/h3-4,7,12H,2,5-6H2,1H3. The van der Waals surface area contributed by atoms with Crippen LogP contribution in [0, 0.1) is 5.41 Å². The fourth-order valence-electron chi connectivity index (χ4n) is 1.87. The van der Waals surface area contributed by atoms with Crippen molar-refractivity contribution in [2.24, 2.45) is 0 Å². The maximum Gasteiger partial charge on any atom is 0.122 e. The minimum atomic E-state index is 0.750. The highest BCUT2D eigenvalue weighted by Crippen LogP contribution is 2.28. The third-order valence-corrected chi connectivity index (χ3v) is 2.53. The van der Waals surface area contributed by atoms with Gasteiger partial charge in [-0.15, -0.1) is 0 Å². The Hall–Kier alpha value is -1.31. The van der Waals surface area contributed by atoms with Crippen LogP contribution < -0.4 is 4.74 Å². The van der Waals surface area contributed by atoms with Gasteiger partial charge in [-0.05, 0) is 25.3 Å². The smallest absolute Gasteiger partial charge is 0.122 e. The Morgan fingerprint density at radius 3 is 2.92 bits per heavy atom. The first-order valence-electron chi connectivity index (χ1n) is 4.56. The number of hydrogen-bond acceptors (Lipinski definition) is 2. The van der Waals surface area contributed by atoms with Crippen molar-refractivity contribution in [2.75, 3.05) is 7.11 Å². The molecular weight excluding hydrogens is 162 g/mol. The average Bonchev–Trinajstić information content (AvgIpc) is 2.18. The molecule has 0 unspecified atom stereocenters. The number of hydrogen-bond donors (Lipinski definition) is 1. The monoisotopic (exact) mass is 175 g/mol. The van der Waals surface area contributed by atoms with Crippen LogP contribution in [-0.2, 0) is 6.42 Å². The van der Waals surface area contributed by atoms with E-state index in [9.17, 15) is 0 Å². The van der Waals surface area contributed by atoms with Crippen LogP contribution in [0.1, 0.15) is 24.0 Å². The molecule has 0 amide bonds. The first-order valence-corrected chi connectivity index (χ1v) is 4.56. The molecule has 0 fully saturated rings. The molecule has 0 atom stereocenters. The number of benzene rings is 1. The van der Waals surface area contributed by atoms with Gasteiger partial charge in [-0.25, -0.2) is 0 Å². The summed E-state index contributed by atoms with van der Waals surface area (Å²) in [5, 5.41) is 7.79. The summed E-state index contributed by atoms with van der Waals surface area (Å²) >= 11 is 0. The van der Waals surface area contributed by atoms with Gasteiger partial charge in [0.05, 0.1) is 7.11 Å². The molecule has 1 N–H and O–H groups in total. The third-order valence-electron chi connectivity index (χ3n) is 2.53. The molecule has 0 saturated carbocycles. The molecule has 68 valence electrons. The number of nitrogens with one attached hydrogen (secondary N) is 1. The van der Waals surface area contributed by atoms with E-state index >= 15 is 0 Å². The second kappa shape index (κ2) is 3.21. The highest BCUT2D eigenvalue weighted by Gasteiger charge is 2.16. The molecule has 0 aromatic heterocycles. The summed E-state index contributed by atoms with van der Waals surface area (Å²) in [7, 11) is 1.69. The third kappa shape index (κ3) is 1.32. The van der Waals surface area contributed by atoms with Gasteiger partial charge in [0, 0.05) is 16.8 Å². The van der Waals surface area contributed by atoms with Crippen LogP contribution in [0.4, 0.5) is 0 Å². The molecule has 13 heavy (non-hydrogen) atoms. The molecule has 2 heteroatoms. The van der Waals surface area contributed by atoms with Gasteiger partial charge in [-0.1, -0.05) is 12.1 Å². The summed E-state index contributed by atoms with van der Waals surface area (Å²) in [6.45, 7) is 0. The van der Waals surface area contributed by atoms with Crippen LogP contribution in [0.5, 0.6) is 5.75 Å². The normalized spacial score (nSPS) is 15.3. The highest BCUT2D eigenvalue weighted by atomic mass is 16.5. The molecule has 0 heterocycles. The Balaban J connectivity index is 2.54. The van der Waals surface area contributed by atoms with Gasteiger partial charge >= 0.3 is 0 Å². The summed E-state index contributed by atoms with van der Waals surface area (Å²) in [5.41, 5.74) is 3.03. The molecule has 2 rings (SSSR count). The van der Waals surface area contributed by atoms with Crippen LogP contribution in [-0.4, -0.2) is 12.8 Å². The first kappa shape index (κ1) is 8.30. The molecule has 0 radical (unpaired) electrons. The van der Waals surface area contributed by atoms with Crippen molar-refractivity contribution in [3.8, 4) is 5.75 Å². The van der Waals surface area contributed by atoms with Crippen LogP contribution in [0.2, 0.25) is 0 Å². The lowest BCUT2D eigenvalue weighted by atomic mass is 9.89. The van der Waals surface area contributed by atoms with E-state index in [4.69, 9.17) is 10.1 Å². The van der Waals surface area contributed by atoms with Crippen molar-refractivity contribution < 1.29 is 4.74 Å². The molecule has 2 nitrogen and oxygen atoms in total. The van der Waals surface area contributed by atoms with Gasteiger partial charge in [0.25, 0.3) is 0 Å². The number of methoxy groups -OCH3 is 1. The zero-order chi connectivity index (χ0) is 9.26. The minimum absolute atomic E-state index is 0.750. The molecular formula is C11H13NO. The maximum atomic E-state index is 7.79. The number of ether oxygens (including phenoxy) is 1. The number of rotatable bonds is 1. The van der Waals surface area contributed by atoms with E-state index in [-0.39, 0.29) is 0 Å². The van der Waals surface area contributed by atoms with E-state index in [1.54, 1.807) is 7.11 Å². The predicted molar refractivity (Wildman–Crippen MR) is 52.8 cm³/mol. The second-order valence-corrected chi connectivity index (χ2v) is 3.32. The molecule has 1 aromatic carbocycles. The van der Waals surface area contributed by atoms with Crippen molar-refractivity contribution in [2.45, 2.75) is 19.3 Å². The first-order chi connectivity index (χ1) is 6.33. The van der Waals surface area contributed by atoms with E-state index in [0.717, 1.165) is 36.3 Å². The Morgan fingerprint density at radius 1 is 1.31 bits per heavy atom. The lowest BCUT2D eigenvalue weighted by Crippen LogP contribution is -2.11. The zero-order valence-electron chi connectivity index (χ0n) is 7.76. The summed E-state index contributed by atoms with van der Waals surface area (Å²) in [4.78, 5) is 0. The second-order valence-electron chi connectivity index (χ2n) is 3.32. The summed E-state index contributed by atoms with van der Waals surface area (Å²) in [5.74, 6) is 0.932. The van der Waals surface area contributed by atoms with E-state index < -0.39 is 0 Å². The van der Waals surface area contributed by atoms with Crippen LogP contribution >= 0.6 is 0 Å². The van der Waals surface area contributed by atoms with Crippen molar-refractivity contribution in [3.63, 3.8) is 0 Å². The molecule has 0 aliphatic heterocycles. The van der Waals surface area contributed by atoms with Crippen LogP contribution in [0.15, 0.2) is 18.2 Å². The van der Waals surface area contributed by atoms with E-state index in [0.29, 0.717) is 0 Å². The topological polar surface area (TPSA) is 33.1 Å². The van der Waals surface area contributed by atoms with Gasteiger partial charge in [0.1, 0.15) is 5.75 Å². The van der Waals surface area contributed by atoms with Gasteiger partial charge in [-0.2, -0.15) is 0 Å².